The van der Waals surface area contributed by atoms with Crippen molar-refractivity contribution in [3.8, 4) is 0 Å². The summed E-state index contributed by atoms with van der Waals surface area (Å²) in [5, 5.41) is 7.74. The lowest BCUT2D eigenvalue weighted by atomic mass is 10.0. The Balaban J connectivity index is 1.85. The number of nitrogens with zero attached hydrogens (tertiary/aromatic N) is 2. The number of rotatable bonds is 4. The van der Waals surface area contributed by atoms with Gasteiger partial charge >= 0.3 is 0 Å². The van der Waals surface area contributed by atoms with Gasteiger partial charge in [0.15, 0.2) is 5.78 Å². The van der Waals surface area contributed by atoms with Crippen LogP contribution < -0.4 is 5.32 Å². The summed E-state index contributed by atoms with van der Waals surface area (Å²) in [6, 6.07) is 6.00. The fourth-order valence-corrected chi connectivity index (χ4v) is 3.49. The zero-order chi connectivity index (χ0) is 15.0. The van der Waals surface area contributed by atoms with E-state index in [1.165, 1.54) is 11.1 Å². The number of carbonyl (C=O) groups excluding carboxylic acids is 1. The molecule has 1 aliphatic rings. The molecule has 0 bridgehead atoms. The molecular formula is C16H18BrN3O. The summed E-state index contributed by atoms with van der Waals surface area (Å²) in [4.78, 5) is 12.5. The van der Waals surface area contributed by atoms with Crippen LogP contribution in [0.5, 0.6) is 0 Å². The first-order valence-corrected chi connectivity index (χ1v) is 7.95. The standard InChI is InChI=1S/C16H18BrN3O/c1-3-13-16(17)14(20(2)19-13)7-15(21)10-4-5-11-8-18-9-12(11)6-10/h4-6,18H,3,7-9H2,1-2H3. The first kappa shape index (κ1) is 14.5. The van der Waals surface area contributed by atoms with Crippen LogP contribution in [0.15, 0.2) is 22.7 Å². The van der Waals surface area contributed by atoms with E-state index in [4.69, 9.17) is 0 Å². The Kier molecular flexibility index (Phi) is 3.95. The molecule has 0 unspecified atom stereocenters. The fourth-order valence-electron chi connectivity index (χ4n) is 2.73. The predicted octanol–water partition coefficient (Wildman–Crippen LogP) is 2.77. The topological polar surface area (TPSA) is 46.9 Å². The van der Waals surface area contributed by atoms with Gasteiger partial charge in [-0.1, -0.05) is 19.1 Å². The predicted molar refractivity (Wildman–Crippen MR) is 85.3 cm³/mol. The van der Waals surface area contributed by atoms with Gasteiger partial charge in [0, 0.05) is 25.7 Å². The van der Waals surface area contributed by atoms with E-state index in [0.717, 1.165) is 40.9 Å². The van der Waals surface area contributed by atoms with Crippen molar-refractivity contribution >= 4 is 21.7 Å². The molecule has 0 saturated carbocycles. The Hall–Kier alpha value is -1.46. The second-order valence-corrected chi connectivity index (χ2v) is 6.16. The van der Waals surface area contributed by atoms with E-state index < -0.39 is 0 Å². The fraction of sp³-hybridized carbons (Fsp3) is 0.375. The van der Waals surface area contributed by atoms with Gasteiger partial charge in [0.05, 0.1) is 22.3 Å². The Morgan fingerprint density at radius 1 is 1.38 bits per heavy atom. The summed E-state index contributed by atoms with van der Waals surface area (Å²) in [5.41, 5.74) is 5.25. The maximum atomic E-state index is 12.5. The second kappa shape index (κ2) is 5.73. The lowest BCUT2D eigenvalue weighted by Crippen LogP contribution is -2.09. The van der Waals surface area contributed by atoms with Crippen LogP contribution in [0.3, 0.4) is 0 Å². The van der Waals surface area contributed by atoms with Crippen LogP contribution in [-0.4, -0.2) is 15.6 Å². The summed E-state index contributed by atoms with van der Waals surface area (Å²) >= 11 is 3.57. The molecule has 21 heavy (non-hydrogen) atoms. The molecule has 1 aromatic heterocycles. The molecule has 0 saturated heterocycles. The van der Waals surface area contributed by atoms with Crippen LogP contribution in [0.2, 0.25) is 0 Å². The summed E-state index contributed by atoms with van der Waals surface area (Å²) in [6.07, 6.45) is 1.23. The zero-order valence-corrected chi connectivity index (χ0v) is 13.8. The normalized spacial score (nSPS) is 13.5. The van der Waals surface area contributed by atoms with E-state index >= 15 is 0 Å². The smallest absolute Gasteiger partial charge is 0.168 e. The molecule has 2 aromatic rings. The third-order valence-corrected chi connectivity index (χ3v) is 4.91. The Labute approximate surface area is 132 Å². The van der Waals surface area contributed by atoms with Gasteiger partial charge in [-0.05, 0) is 39.5 Å². The number of Topliss-reactive ketones (excluding diaryl/α,β-unsaturated/α-hetero) is 1. The molecule has 0 aliphatic carbocycles. The van der Waals surface area contributed by atoms with Gasteiger partial charge in [0.1, 0.15) is 0 Å². The number of nitrogens with one attached hydrogen (secondary N) is 1. The average Bonchev–Trinajstić information content (AvgIpc) is 3.05. The van der Waals surface area contributed by atoms with Gasteiger partial charge in [0.2, 0.25) is 0 Å². The third-order valence-electron chi connectivity index (χ3n) is 3.99. The van der Waals surface area contributed by atoms with E-state index in [0.29, 0.717) is 6.42 Å². The highest BCUT2D eigenvalue weighted by Gasteiger charge is 2.18. The van der Waals surface area contributed by atoms with Crippen LogP contribution in [0.4, 0.5) is 0 Å². The van der Waals surface area contributed by atoms with Crippen LogP contribution >= 0.6 is 15.9 Å². The molecule has 4 nitrogen and oxygen atoms in total. The molecule has 3 rings (SSSR count). The molecule has 0 fully saturated rings. The van der Waals surface area contributed by atoms with Crippen molar-refractivity contribution < 1.29 is 4.79 Å². The molecule has 0 atom stereocenters. The van der Waals surface area contributed by atoms with Gasteiger partial charge in [-0.15, -0.1) is 0 Å². The molecule has 110 valence electrons. The van der Waals surface area contributed by atoms with E-state index in [-0.39, 0.29) is 5.78 Å². The zero-order valence-electron chi connectivity index (χ0n) is 12.2. The summed E-state index contributed by atoms with van der Waals surface area (Å²) in [5.74, 6) is 0.135. The van der Waals surface area contributed by atoms with Crippen molar-refractivity contribution in [3.05, 3.63) is 50.8 Å². The van der Waals surface area contributed by atoms with Crippen LogP contribution in [-0.2, 0) is 33.0 Å². The van der Waals surface area contributed by atoms with E-state index in [1.54, 1.807) is 4.68 Å². The van der Waals surface area contributed by atoms with E-state index in [2.05, 4.69) is 39.3 Å². The van der Waals surface area contributed by atoms with Crippen LogP contribution in [0.1, 0.15) is 39.8 Å². The number of benzene rings is 1. The monoisotopic (exact) mass is 347 g/mol. The average molecular weight is 348 g/mol. The number of ketones is 1. The molecule has 1 aliphatic heterocycles. The molecule has 5 heteroatoms. The van der Waals surface area contributed by atoms with Gasteiger partial charge in [0.25, 0.3) is 0 Å². The SMILES string of the molecule is CCc1nn(C)c(CC(=O)c2ccc3c(c2)CNC3)c1Br. The van der Waals surface area contributed by atoms with Gasteiger partial charge in [-0.2, -0.15) is 5.10 Å². The maximum Gasteiger partial charge on any atom is 0.168 e. The molecular weight excluding hydrogens is 330 g/mol. The number of halogens is 1. The minimum absolute atomic E-state index is 0.135. The van der Waals surface area contributed by atoms with Crippen LogP contribution in [0.25, 0.3) is 0 Å². The molecule has 1 N–H and O–H groups in total. The minimum atomic E-state index is 0.135. The lowest BCUT2D eigenvalue weighted by Gasteiger charge is -2.05. The largest absolute Gasteiger partial charge is 0.309 e. The van der Waals surface area contributed by atoms with E-state index in [9.17, 15) is 4.79 Å². The highest BCUT2D eigenvalue weighted by atomic mass is 79.9. The van der Waals surface area contributed by atoms with Crippen molar-refractivity contribution in [3.63, 3.8) is 0 Å². The maximum absolute atomic E-state index is 12.5. The molecule has 1 aromatic carbocycles. The lowest BCUT2D eigenvalue weighted by molar-refractivity contribution is 0.0990. The Morgan fingerprint density at radius 2 is 2.14 bits per heavy atom. The van der Waals surface area contributed by atoms with Crippen molar-refractivity contribution in [1.82, 2.24) is 15.1 Å². The van der Waals surface area contributed by atoms with Crippen molar-refractivity contribution in [2.75, 3.05) is 0 Å². The van der Waals surface area contributed by atoms with Gasteiger partial charge < -0.3 is 5.32 Å². The highest BCUT2D eigenvalue weighted by molar-refractivity contribution is 9.10. The Morgan fingerprint density at radius 3 is 2.86 bits per heavy atom. The van der Waals surface area contributed by atoms with Crippen LogP contribution in [0, 0.1) is 0 Å². The van der Waals surface area contributed by atoms with Gasteiger partial charge in [-0.25, -0.2) is 0 Å². The summed E-state index contributed by atoms with van der Waals surface area (Å²) < 4.78 is 2.76. The summed E-state index contributed by atoms with van der Waals surface area (Å²) in [7, 11) is 1.89. The quantitative estimate of drug-likeness (QED) is 0.865. The first-order valence-electron chi connectivity index (χ1n) is 7.16. The van der Waals surface area contributed by atoms with Crippen molar-refractivity contribution in [2.45, 2.75) is 32.9 Å². The second-order valence-electron chi connectivity index (χ2n) is 5.37. The summed E-state index contributed by atoms with van der Waals surface area (Å²) in [6.45, 7) is 3.81. The van der Waals surface area contributed by atoms with Crippen molar-refractivity contribution in [2.24, 2.45) is 7.05 Å². The molecule has 0 spiro atoms. The third kappa shape index (κ3) is 2.68. The van der Waals surface area contributed by atoms with E-state index in [1.807, 2.05) is 19.2 Å². The number of fused-ring (bicyclic) bond motifs is 1. The highest BCUT2D eigenvalue weighted by Crippen LogP contribution is 2.24. The molecule has 0 radical (unpaired) electrons. The first-order chi connectivity index (χ1) is 10.1. The number of aromatic nitrogens is 2. The number of aryl methyl sites for hydroxylation is 2. The van der Waals surface area contributed by atoms with Gasteiger partial charge in [-0.3, -0.25) is 9.48 Å². The molecule has 2 heterocycles. The molecule has 0 amide bonds. The van der Waals surface area contributed by atoms with Crippen molar-refractivity contribution in [1.29, 1.82) is 0 Å². The Bertz CT molecular complexity index is 706. The number of carbonyl (C=O) groups is 1. The number of hydrogen-bond donors (Lipinski definition) is 1. The number of hydrogen-bond acceptors (Lipinski definition) is 3. The minimum Gasteiger partial charge on any atom is -0.309 e.